The second-order valence-electron chi connectivity index (χ2n) is 7.61. The smallest absolute Gasteiger partial charge is 0.340 e. The van der Waals surface area contributed by atoms with Gasteiger partial charge in [-0.05, 0) is 51.0 Å². The summed E-state index contributed by atoms with van der Waals surface area (Å²) in [6.07, 6.45) is -0.239. The van der Waals surface area contributed by atoms with Crippen LogP contribution in [0.5, 0.6) is 0 Å². The highest BCUT2D eigenvalue weighted by Crippen LogP contribution is 2.20. The van der Waals surface area contributed by atoms with Crippen LogP contribution in [-0.4, -0.2) is 28.9 Å². The zero-order chi connectivity index (χ0) is 21.7. The van der Waals surface area contributed by atoms with E-state index in [1.807, 2.05) is 32.0 Å². The van der Waals surface area contributed by atoms with Gasteiger partial charge in [-0.15, -0.1) is 0 Å². The molecular weight excluding hydrogens is 370 g/mol. The molecule has 2 rings (SSSR count). The number of amides is 2. The van der Waals surface area contributed by atoms with Gasteiger partial charge in [-0.25, -0.2) is 4.79 Å². The zero-order valence-electron chi connectivity index (χ0n) is 17.8. The van der Waals surface area contributed by atoms with Gasteiger partial charge in [0.05, 0.1) is 11.7 Å². The molecule has 0 saturated carbocycles. The summed E-state index contributed by atoms with van der Waals surface area (Å²) >= 11 is 0. The van der Waals surface area contributed by atoms with E-state index in [4.69, 9.17) is 4.74 Å². The summed E-state index contributed by atoms with van der Waals surface area (Å²) in [5.41, 5.74) is 3.41. The number of nitrogens with one attached hydrogen (secondary N) is 3. The van der Waals surface area contributed by atoms with E-state index in [1.165, 1.54) is 0 Å². The Morgan fingerprint density at radius 2 is 1.79 bits per heavy atom. The Labute approximate surface area is 171 Å². The van der Waals surface area contributed by atoms with Crippen LogP contribution >= 0.6 is 0 Å². The maximum absolute atomic E-state index is 12.6. The molecule has 0 saturated heterocycles. The molecule has 29 heavy (non-hydrogen) atoms. The van der Waals surface area contributed by atoms with Crippen LogP contribution in [-0.2, 0) is 16.1 Å². The lowest BCUT2D eigenvalue weighted by Crippen LogP contribution is -2.24. The van der Waals surface area contributed by atoms with E-state index in [-0.39, 0.29) is 30.4 Å². The molecule has 0 unspecified atom stereocenters. The third-order valence-electron chi connectivity index (χ3n) is 4.38. The number of aryl methyl sites for hydroxylation is 1. The number of esters is 1. The molecule has 7 nitrogen and oxygen atoms in total. The second-order valence-corrected chi connectivity index (χ2v) is 7.61. The number of ether oxygens (including phenoxy) is 1. The lowest BCUT2D eigenvalue weighted by Gasteiger charge is -2.10. The fourth-order valence-corrected chi connectivity index (χ4v) is 2.87. The molecule has 0 aliphatic heterocycles. The molecule has 1 aromatic carbocycles. The van der Waals surface area contributed by atoms with Gasteiger partial charge < -0.3 is 20.4 Å². The average Bonchev–Trinajstić information content (AvgIpc) is 2.93. The number of hydrogen-bond acceptors (Lipinski definition) is 4. The molecule has 0 bridgehead atoms. The highest BCUT2D eigenvalue weighted by Gasteiger charge is 2.23. The standard InChI is InChI=1S/C22H29N3O4/c1-12(2)20(26)25-17-9-7-8-16(10-17)11-23-21(27)19-14(5)18(15(6)24-19)22(28)29-13(3)4/h7-10,12-13,24H,11H2,1-6H3,(H,23,27)(H,25,26). The molecule has 1 aromatic heterocycles. The summed E-state index contributed by atoms with van der Waals surface area (Å²) in [7, 11) is 0. The van der Waals surface area contributed by atoms with E-state index < -0.39 is 5.97 Å². The fraction of sp³-hybridized carbons (Fsp3) is 0.409. The number of hydrogen-bond donors (Lipinski definition) is 3. The van der Waals surface area contributed by atoms with Crippen molar-refractivity contribution >= 4 is 23.5 Å². The zero-order valence-corrected chi connectivity index (χ0v) is 17.8. The monoisotopic (exact) mass is 399 g/mol. The number of H-pyrrole nitrogens is 1. The van der Waals surface area contributed by atoms with Crippen molar-refractivity contribution in [2.24, 2.45) is 5.92 Å². The van der Waals surface area contributed by atoms with Crippen LogP contribution in [0.25, 0.3) is 0 Å². The number of benzene rings is 1. The van der Waals surface area contributed by atoms with Gasteiger partial charge in [-0.1, -0.05) is 26.0 Å². The third kappa shape index (κ3) is 5.70. The second kappa shape index (κ2) is 9.41. The van der Waals surface area contributed by atoms with Crippen molar-refractivity contribution in [1.82, 2.24) is 10.3 Å². The van der Waals surface area contributed by atoms with Crippen LogP contribution in [0.3, 0.4) is 0 Å². The van der Waals surface area contributed by atoms with Crippen molar-refractivity contribution in [2.75, 3.05) is 5.32 Å². The molecule has 1 heterocycles. The van der Waals surface area contributed by atoms with E-state index in [9.17, 15) is 14.4 Å². The Bertz CT molecular complexity index is 913. The van der Waals surface area contributed by atoms with Crippen LogP contribution in [0.4, 0.5) is 5.69 Å². The van der Waals surface area contributed by atoms with Crippen molar-refractivity contribution in [2.45, 2.75) is 54.2 Å². The molecule has 7 heteroatoms. The predicted octanol–water partition coefficient (Wildman–Crippen LogP) is 3.72. The van der Waals surface area contributed by atoms with Gasteiger partial charge in [-0.2, -0.15) is 0 Å². The first-order valence-corrected chi connectivity index (χ1v) is 9.68. The summed E-state index contributed by atoms with van der Waals surface area (Å²) < 4.78 is 5.26. The average molecular weight is 399 g/mol. The summed E-state index contributed by atoms with van der Waals surface area (Å²) in [5.74, 6) is -0.941. The van der Waals surface area contributed by atoms with Gasteiger partial charge in [0, 0.05) is 23.8 Å². The van der Waals surface area contributed by atoms with Gasteiger partial charge in [0.2, 0.25) is 5.91 Å². The van der Waals surface area contributed by atoms with Crippen LogP contribution < -0.4 is 10.6 Å². The number of anilines is 1. The van der Waals surface area contributed by atoms with E-state index in [2.05, 4.69) is 15.6 Å². The first kappa shape index (κ1) is 22.2. The van der Waals surface area contributed by atoms with Crippen LogP contribution in [0.1, 0.15) is 65.4 Å². The van der Waals surface area contributed by atoms with Gasteiger partial charge >= 0.3 is 5.97 Å². The van der Waals surface area contributed by atoms with Crippen LogP contribution in [0.2, 0.25) is 0 Å². The van der Waals surface area contributed by atoms with Crippen molar-refractivity contribution in [3.05, 3.63) is 52.3 Å². The maximum atomic E-state index is 12.6. The molecule has 2 amide bonds. The molecule has 0 spiro atoms. The summed E-state index contributed by atoms with van der Waals surface area (Å²) in [6.45, 7) is 10.9. The van der Waals surface area contributed by atoms with Crippen molar-refractivity contribution < 1.29 is 19.1 Å². The molecule has 0 radical (unpaired) electrons. The summed E-state index contributed by atoms with van der Waals surface area (Å²) in [6, 6.07) is 7.31. The number of aromatic amines is 1. The minimum Gasteiger partial charge on any atom is -0.459 e. The number of carbonyl (C=O) groups is 3. The van der Waals surface area contributed by atoms with Gasteiger partial charge in [-0.3, -0.25) is 9.59 Å². The fourth-order valence-electron chi connectivity index (χ4n) is 2.87. The van der Waals surface area contributed by atoms with E-state index in [1.54, 1.807) is 33.8 Å². The predicted molar refractivity (Wildman–Crippen MR) is 112 cm³/mol. The lowest BCUT2D eigenvalue weighted by atomic mass is 10.1. The quantitative estimate of drug-likeness (QED) is 0.618. The largest absolute Gasteiger partial charge is 0.459 e. The molecule has 156 valence electrons. The van der Waals surface area contributed by atoms with Gasteiger partial charge in [0.25, 0.3) is 5.91 Å². The Kier molecular flexibility index (Phi) is 7.20. The summed E-state index contributed by atoms with van der Waals surface area (Å²) in [4.78, 5) is 39.7. The van der Waals surface area contributed by atoms with Crippen molar-refractivity contribution in [1.29, 1.82) is 0 Å². The molecule has 0 aliphatic carbocycles. The number of rotatable bonds is 7. The molecule has 0 aliphatic rings. The molecule has 2 aromatic rings. The minimum absolute atomic E-state index is 0.0653. The first-order valence-electron chi connectivity index (χ1n) is 9.68. The topological polar surface area (TPSA) is 100 Å². The minimum atomic E-state index is -0.445. The van der Waals surface area contributed by atoms with E-state index in [0.29, 0.717) is 28.2 Å². The maximum Gasteiger partial charge on any atom is 0.340 e. The van der Waals surface area contributed by atoms with Gasteiger partial charge in [0.15, 0.2) is 0 Å². The van der Waals surface area contributed by atoms with Crippen LogP contribution in [0, 0.1) is 19.8 Å². The summed E-state index contributed by atoms with van der Waals surface area (Å²) in [5, 5.41) is 5.68. The highest BCUT2D eigenvalue weighted by atomic mass is 16.5. The van der Waals surface area contributed by atoms with Crippen molar-refractivity contribution in [3.63, 3.8) is 0 Å². The highest BCUT2D eigenvalue weighted by molar-refractivity contribution is 6.00. The number of aromatic nitrogens is 1. The molecule has 3 N–H and O–H groups in total. The first-order chi connectivity index (χ1) is 13.6. The van der Waals surface area contributed by atoms with E-state index in [0.717, 1.165) is 5.56 Å². The number of carbonyl (C=O) groups excluding carboxylic acids is 3. The lowest BCUT2D eigenvalue weighted by molar-refractivity contribution is -0.118. The normalized spacial score (nSPS) is 10.9. The van der Waals surface area contributed by atoms with Gasteiger partial charge in [0.1, 0.15) is 5.69 Å². The van der Waals surface area contributed by atoms with E-state index >= 15 is 0 Å². The Morgan fingerprint density at radius 3 is 2.41 bits per heavy atom. The SMILES string of the molecule is Cc1[nH]c(C(=O)NCc2cccc(NC(=O)C(C)C)c2)c(C)c1C(=O)OC(C)C. The molecule has 0 fully saturated rings. The Hall–Kier alpha value is -3.09. The Morgan fingerprint density at radius 1 is 1.10 bits per heavy atom. The molecular formula is C22H29N3O4. The molecule has 0 atom stereocenters. The Balaban J connectivity index is 2.08. The van der Waals surface area contributed by atoms with Crippen molar-refractivity contribution in [3.8, 4) is 0 Å². The third-order valence-corrected chi connectivity index (χ3v) is 4.38. The van der Waals surface area contributed by atoms with Crippen LogP contribution in [0.15, 0.2) is 24.3 Å².